The fraction of sp³-hybridized carbons (Fsp3) is 0.864. The molecule has 4 bridgehead atoms. The van der Waals surface area contributed by atoms with Crippen molar-refractivity contribution >= 4 is 5.91 Å². The molecule has 1 N–H and O–H groups in total. The minimum atomic E-state index is -0.188. The van der Waals surface area contributed by atoms with E-state index in [0.29, 0.717) is 23.8 Å². The predicted molar refractivity (Wildman–Crippen MR) is 108 cm³/mol. The monoisotopic (exact) mass is 385 g/mol. The van der Waals surface area contributed by atoms with Gasteiger partial charge in [0.1, 0.15) is 12.7 Å². The van der Waals surface area contributed by atoms with Gasteiger partial charge in [-0.15, -0.1) is 0 Å². The number of nitrogens with zero attached hydrogens (tertiary/aromatic N) is 4. The molecule has 0 spiro atoms. The van der Waals surface area contributed by atoms with E-state index in [1.807, 2.05) is 6.33 Å². The van der Waals surface area contributed by atoms with Crippen LogP contribution in [0.2, 0.25) is 0 Å². The third kappa shape index (κ3) is 3.08. The van der Waals surface area contributed by atoms with E-state index in [2.05, 4.69) is 38.8 Å². The Bertz CT molecular complexity index is 695. The summed E-state index contributed by atoms with van der Waals surface area (Å²) in [6.07, 6.45) is 12.8. The number of piperidine rings is 1. The summed E-state index contributed by atoms with van der Waals surface area (Å²) in [5.41, 5.74) is -0.168. The van der Waals surface area contributed by atoms with Gasteiger partial charge in [0.2, 0.25) is 5.91 Å². The van der Waals surface area contributed by atoms with Crippen molar-refractivity contribution in [1.82, 2.24) is 25.0 Å². The molecule has 28 heavy (non-hydrogen) atoms. The van der Waals surface area contributed by atoms with Crippen LogP contribution in [0.3, 0.4) is 0 Å². The fourth-order valence-corrected chi connectivity index (χ4v) is 7.23. The highest BCUT2D eigenvalue weighted by Gasteiger charge is 2.61. The second-order valence-electron chi connectivity index (χ2n) is 10.6. The van der Waals surface area contributed by atoms with Crippen LogP contribution in [-0.4, -0.2) is 51.2 Å². The van der Waals surface area contributed by atoms with Crippen molar-refractivity contribution in [2.45, 2.75) is 76.8 Å². The maximum atomic E-state index is 13.5. The summed E-state index contributed by atoms with van der Waals surface area (Å²) in [6.45, 7) is 7.74. The minimum Gasteiger partial charge on any atom is -0.354 e. The smallest absolute Gasteiger partial charge is 0.226 e. The Balaban J connectivity index is 1.27. The average Bonchev–Trinajstić information content (AvgIpc) is 3.21. The van der Waals surface area contributed by atoms with Crippen molar-refractivity contribution in [3.8, 4) is 0 Å². The van der Waals surface area contributed by atoms with Crippen LogP contribution in [0.1, 0.15) is 65.2 Å². The fourth-order valence-electron chi connectivity index (χ4n) is 7.23. The maximum absolute atomic E-state index is 13.5. The van der Waals surface area contributed by atoms with Crippen LogP contribution in [0.15, 0.2) is 12.7 Å². The summed E-state index contributed by atoms with van der Waals surface area (Å²) in [5.74, 6) is 2.48. The zero-order valence-corrected chi connectivity index (χ0v) is 17.4. The van der Waals surface area contributed by atoms with E-state index in [1.165, 1.54) is 45.2 Å². The Labute approximate surface area is 168 Å². The van der Waals surface area contributed by atoms with Gasteiger partial charge in [-0.05, 0) is 89.1 Å². The maximum Gasteiger partial charge on any atom is 0.226 e. The lowest BCUT2D eigenvalue weighted by molar-refractivity contribution is -0.156. The second-order valence-corrected chi connectivity index (χ2v) is 10.6. The zero-order valence-electron chi connectivity index (χ0n) is 17.4. The Hall–Kier alpha value is -1.43. The Morgan fingerprint density at radius 1 is 1.21 bits per heavy atom. The normalized spacial score (nSPS) is 39.2. The van der Waals surface area contributed by atoms with E-state index < -0.39 is 0 Å². The number of carbonyl (C=O) groups is 1. The SMILES string of the molecule is CC1CCN(C(C)CNC(=O)C23CC4CC(C2)CC(n2cncn2)(C4)C3)CC1. The lowest BCUT2D eigenvalue weighted by atomic mass is 9.46. The van der Waals surface area contributed by atoms with Crippen molar-refractivity contribution in [2.75, 3.05) is 19.6 Å². The molecule has 6 nitrogen and oxygen atoms in total. The third-order valence-electron chi connectivity index (χ3n) is 8.42. The van der Waals surface area contributed by atoms with E-state index in [1.54, 1.807) is 6.33 Å². The molecule has 5 fully saturated rings. The minimum absolute atomic E-state index is 0.0204. The Kier molecular flexibility index (Phi) is 4.53. The van der Waals surface area contributed by atoms with Crippen molar-refractivity contribution in [2.24, 2.45) is 23.2 Å². The number of rotatable bonds is 5. The number of hydrogen-bond donors (Lipinski definition) is 1. The van der Waals surface area contributed by atoms with Crippen LogP contribution in [-0.2, 0) is 10.3 Å². The third-order valence-corrected chi connectivity index (χ3v) is 8.42. The molecule has 3 unspecified atom stereocenters. The highest BCUT2D eigenvalue weighted by Crippen LogP contribution is 2.64. The largest absolute Gasteiger partial charge is 0.354 e. The van der Waals surface area contributed by atoms with Gasteiger partial charge < -0.3 is 5.32 Å². The van der Waals surface area contributed by atoms with Crippen molar-refractivity contribution in [1.29, 1.82) is 0 Å². The van der Waals surface area contributed by atoms with Crippen molar-refractivity contribution in [3.05, 3.63) is 12.7 Å². The first-order valence-electron chi connectivity index (χ1n) is 11.4. The summed E-state index contributed by atoms with van der Waals surface area (Å²) in [6, 6.07) is 0.426. The molecule has 4 aliphatic carbocycles. The lowest BCUT2D eigenvalue weighted by Gasteiger charge is -2.61. The molecular weight excluding hydrogens is 350 g/mol. The molecule has 1 aromatic rings. The van der Waals surface area contributed by atoms with Gasteiger partial charge in [-0.1, -0.05) is 6.92 Å². The molecule has 1 saturated heterocycles. The number of hydrogen-bond acceptors (Lipinski definition) is 4. The summed E-state index contributed by atoms with van der Waals surface area (Å²) >= 11 is 0. The first-order valence-corrected chi connectivity index (χ1v) is 11.4. The van der Waals surface area contributed by atoms with Gasteiger partial charge in [-0.25, -0.2) is 9.67 Å². The van der Waals surface area contributed by atoms with Crippen molar-refractivity contribution < 1.29 is 4.79 Å². The van der Waals surface area contributed by atoms with E-state index in [0.717, 1.165) is 31.7 Å². The number of amides is 1. The highest BCUT2D eigenvalue weighted by molar-refractivity contribution is 5.83. The van der Waals surface area contributed by atoms with Gasteiger partial charge >= 0.3 is 0 Å². The topological polar surface area (TPSA) is 63.1 Å². The molecule has 0 radical (unpaired) electrons. The van der Waals surface area contributed by atoms with E-state index >= 15 is 0 Å². The van der Waals surface area contributed by atoms with Crippen LogP contribution in [0, 0.1) is 23.2 Å². The van der Waals surface area contributed by atoms with Crippen LogP contribution in [0.5, 0.6) is 0 Å². The zero-order chi connectivity index (χ0) is 19.4. The van der Waals surface area contributed by atoms with Crippen LogP contribution in [0.25, 0.3) is 0 Å². The van der Waals surface area contributed by atoms with Gasteiger partial charge in [0.05, 0.1) is 11.0 Å². The summed E-state index contributed by atoms with van der Waals surface area (Å²) < 4.78 is 2.09. The quantitative estimate of drug-likeness (QED) is 0.847. The molecule has 4 saturated carbocycles. The number of aromatic nitrogens is 3. The standard InChI is InChI=1S/C22H35N5O/c1-16-3-5-26(6-4-16)17(2)12-24-20(28)21-8-18-7-19(9-21)11-22(10-18,13-21)27-15-23-14-25-27/h14-19H,3-13H2,1-2H3,(H,24,28). The molecule has 6 rings (SSSR count). The van der Waals surface area contributed by atoms with E-state index in [9.17, 15) is 4.79 Å². The molecule has 5 aliphatic rings. The van der Waals surface area contributed by atoms with Gasteiger partial charge in [-0.2, -0.15) is 5.10 Å². The highest BCUT2D eigenvalue weighted by atomic mass is 16.2. The predicted octanol–water partition coefficient (Wildman–Crippen LogP) is 2.81. The van der Waals surface area contributed by atoms with Gasteiger partial charge in [0, 0.05) is 12.6 Å². The Morgan fingerprint density at radius 2 is 1.93 bits per heavy atom. The molecule has 1 amide bonds. The van der Waals surface area contributed by atoms with Crippen LogP contribution >= 0.6 is 0 Å². The molecule has 1 aromatic heterocycles. The van der Waals surface area contributed by atoms with Crippen molar-refractivity contribution in [3.63, 3.8) is 0 Å². The summed E-state index contributed by atoms with van der Waals surface area (Å²) in [5, 5.41) is 7.89. The molecule has 3 atom stereocenters. The molecule has 0 aromatic carbocycles. The Morgan fingerprint density at radius 3 is 2.57 bits per heavy atom. The molecular formula is C22H35N5O. The van der Waals surface area contributed by atoms with E-state index in [-0.39, 0.29) is 11.0 Å². The van der Waals surface area contributed by atoms with Gasteiger partial charge in [0.15, 0.2) is 0 Å². The number of carbonyl (C=O) groups excluding carboxylic acids is 1. The van der Waals surface area contributed by atoms with E-state index in [4.69, 9.17) is 0 Å². The summed E-state index contributed by atoms with van der Waals surface area (Å²) in [7, 11) is 0. The molecule has 2 heterocycles. The van der Waals surface area contributed by atoms with Crippen LogP contribution < -0.4 is 5.32 Å². The van der Waals surface area contributed by atoms with Gasteiger partial charge in [-0.3, -0.25) is 9.69 Å². The van der Waals surface area contributed by atoms with Crippen LogP contribution in [0.4, 0.5) is 0 Å². The second kappa shape index (κ2) is 6.82. The molecule has 154 valence electrons. The molecule has 1 aliphatic heterocycles. The van der Waals surface area contributed by atoms with Gasteiger partial charge in [0.25, 0.3) is 0 Å². The average molecular weight is 386 g/mol. The summed E-state index contributed by atoms with van der Waals surface area (Å²) in [4.78, 5) is 20.2. The first kappa shape index (κ1) is 18.6. The number of nitrogens with one attached hydrogen (secondary N) is 1. The lowest BCUT2D eigenvalue weighted by Crippen LogP contribution is -2.61. The first-order chi connectivity index (χ1) is 13.5. The number of likely N-dealkylation sites (tertiary alicyclic amines) is 1. The molecule has 6 heteroatoms.